The number of carbonyl (C=O) groups excluding carboxylic acids is 2. The Hall–Kier alpha value is -1.91. The van der Waals surface area contributed by atoms with Gasteiger partial charge < -0.3 is 10.1 Å². The fourth-order valence-corrected chi connectivity index (χ4v) is 2.61. The molecule has 2 atom stereocenters. The van der Waals surface area contributed by atoms with Crippen molar-refractivity contribution in [1.82, 2.24) is 5.32 Å². The topological polar surface area (TPSA) is 55.4 Å². The molecule has 2 rings (SSSR count). The Morgan fingerprint density at radius 2 is 2.00 bits per heavy atom. The van der Waals surface area contributed by atoms with Crippen molar-refractivity contribution in [3.05, 3.63) is 35.6 Å². The third-order valence-electron chi connectivity index (χ3n) is 3.89. The maximum Gasteiger partial charge on any atom is 0.341 e. The number of nitrogens with one attached hydrogen (secondary N) is 1. The van der Waals surface area contributed by atoms with Crippen LogP contribution in [-0.4, -0.2) is 24.5 Å². The molecule has 1 N–H and O–H groups in total. The van der Waals surface area contributed by atoms with Crippen LogP contribution in [0.2, 0.25) is 0 Å². The van der Waals surface area contributed by atoms with Gasteiger partial charge in [-0.2, -0.15) is 0 Å². The number of esters is 1. The molecular formula is C16H20FNO3. The maximum absolute atomic E-state index is 13.4. The van der Waals surface area contributed by atoms with Crippen molar-refractivity contribution in [2.75, 3.05) is 6.61 Å². The smallest absolute Gasteiger partial charge is 0.341 e. The van der Waals surface area contributed by atoms with Crippen molar-refractivity contribution in [2.24, 2.45) is 5.92 Å². The fraction of sp³-hybridized carbons (Fsp3) is 0.500. The van der Waals surface area contributed by atoms with Crippen LogP contribution in [0.4, 0.5) is 4.39 Å². The Labute approximate surface area is 123 Å². The van der Waals surface area contributed by atoms with Crippen molar-refractivity contribution in [2.45, 2.75) is 38.6 Å². The van der Waals surface area contributed by atoms with Gasteiger partial charge in [-0.3, -0.25) is 4.79 Å². The van der Waals surface area contributed by atoms with Gasteiger partial charge in [0.1, 0.15) is 5.82 Å². The average Bonchev–Trinajstić information content (AvgIpc) is 2.48. The van der Waals surface area contributed by atoms with E-state index in [4.69, 9.17) is 4.74 Å². The standard InChI is InChI=1S/C16H20FNO3/c1-11-6-2-5-9-14(11)18-15(19)10-21-16(20)12-7-3-4-8-13(12)17/h3-4,7-8,11,14H,2,5-6,9-10H2,1H3,(H,18,19)/t11-,14+/m1/s1. The lowest BCUT2D eigenvalue weighted by Gasteiger charge is -2.29. The summed E-state index contributed by atoms with van der Waals surface area (Å²) < 4.78 is 18.2. The quantitative estimate of drug-likeness (QED) is 0.868. The molecule has 5 heteroatoms. The van der Waals surface area contributed by atoms with Gasteiger partial charge in [-0.1, -0.05) is 31.9 Å². The first-order valence-corrected chi connectivity index (χ1v) is 7.29. The number of amides is 1. The molecular weight excluding hydrogens is 273 g/mol. The summed E-state index contributed by atoms with van der Waals surface area (Å²) in [5.41, 5.74) is -0.156. The van der Waals surface area contributed by atoms with E-state index in [0.717, 1.165) is 19.3 Å². The summed E-state index contributed by atoms with van der Waals surface area (Å²) >= 11 is 0. The van der Waals surface area contributed by atoms with Gasteiger partial charge in [-0.05, 0) is 30.9 Å². The summed E-state index contributed by atoms with van der Waals surface area (Å²) in [6, 6.07) is 5.68. The van der Waals surface area contributed by atoms with Crippen molar-refractivity contribution >= 4 is 11.9 Å². The maximum atomic E-state index is 13.4. The molecule has 1 amide bonds. The molecule has 0 saturated heterocycles. The number of carbonyl (C=O) groups is 2. The third kappa shape index (κ3) is 4.28. The van der Waals surface area contributed by atoms with Crippen LogP contribution in [-0.2, 0) is 9.53 Å². The first-order valence-electron chi connectivity index (χ1n) is 7.29. The predicted octanol–water partition coefficient (Wildman–Crippen LogP) is 2.68. The lowest BCUT2D eigenvalue weighted by Crippen LogP contribution is -2.42. The summed E-state index contributed by atoms with van der Waals surface area (Å²) in [5.74, 6) is -1.37. The molecule has 0 radical (unpaired) electrons. The van der Waals surface area contributed by atoms with Crippen LogP contribution < -0.4 is 5.32 Å². The molecule has 0 bridgehead atoms. The van der Waals surface area contributed by atoms with E-state index in [1.807, 2.05) is 0 Å². The van der Waals surface area contributed by atoms with Crippen LogP contribution in [0.1, 0.15) is 43.0 Å². The van der Waals surface area contributed by atoms with Gasteiger partial charge in [-0.15, -0.1) is 0 Å². The predicted molar refractivity (Wildman–Crippen MR) is 76.2 cm³/mol. The van der Waals surface area contributed by atoms with Crippen molar-refractivity contribution < 1.29 is 18.7 Å². The number of benzene rings is 1. The Morgan fingerprint density at radius 3 is 2.71 bits per heavy atom. The monoisotopic (exact) mass is 293 g/mol. The molecule has 1 fully saturated rings. The molecule has 0 unspecified atom stereocenters. The van der Waals surface area contributed by atoms with Gasteiger partial charge in [0.05, 0.1) is 5.56 Å². The Bertz CT molecular complexity index is 518. The van der Waals surface area contributed by atoms with E-state index in [9.17, 15) is 14.0 Å². The second kappa shape index (κ2) is 7.20. The second-order valence-corrected chi connectivity index (χ2v) is 5.49. The van der Waals surface area contributed by atoms with Crippen molar-refractivity contribution in [3.63, 3.8) is 0 Å². The van der Waals surface area contributed by atoms with Gasteiger partial charge in [-0.25, -0.2) is 9.18 Å². The first kappa shape index (κ1) is 15.5. The highest BCUT2D eigenvalue weighted by Gasteiger charge is 2.23. The van der Waals surface area contributed by atoms with E-state index >= 15 is 0 Å². The van der Waals surface area contributed by atoms with E-state index in [2.05, 4.69) is 12.2 Å². The summed E-state index contributed by atoms with van der Waals surface area (Å²) in [4.78, 5) is 23.5. The molecule has 0 heterocycles. The van der Waals surface area contributed by atoms with Crippen LogP contribution in [0, 0.1) is 11.7 Å². The van der Waals surface area contributed by atoms with Crippen LogP contribution in [0.5, 0.6) is 0 Å². The van der Waals surface area contributed by atoms with Crippen LogP contribution in [0.25, 0.3) is 0 Å². The van der Waals surface area contributed by atoms with Crippen LogP contribution >= 0.6 is 0 Å². The Morgan fingerprint density at radius 1 is 1.29 bits per heavy atom. The van der Waals surface area contributed by atoms with Gasteiger partial charge in [0.25, 0.3) is 5.91 Å². The Balaban J connectivity index is 1.81. The molecule has 1 saturated carbocycles. The van der Waals surface area contributed by atoms with Crippen molar-refractivity contribution in [3.8, 4) is 0 Å². The number of hydrogen-bond acceptors (Lipinski definition) is 3. The minimum Gasteiger partial charge on any atom is -0.452 e. The molecule has 4 nitrogen and oxygen atoms in total. The van der Waals surface area contributed by atoms with E-state index in [0.29, 0.717) is 5.92 Å². The summed E-state index contributed by atoms with van der Waals surface area (Å²) in [7, 11) is 0. The lowest BCUT2D eigenvalue weighted by atomic mass is 9.86. The van der Waals surface area contributed by atoms with Gasteiger partial charge in [0.15, 0.2) is 6.61 Å². The molecule has 0 aromatic heterocycles. The lowest BCUT2D eigenvalue weighted by molar-refractivity contribution is -0.125. The average molecular weight is 293 g/mol. The zero-order valence-electron chi connectivity index (χ0n) is 12.1. The van der Waals surface area contributed by atoms with Gasteiger partial charge >= 0.3 is 5.97 Å². The number of hydrogen-bond donors (Lipinski definition) is 1. The molecule has 21 heavy (non-hydrogen) atoms. The fourth-order valence-electron chi connectivity index (χ4n) is 2.61. The normalized spacial score (nSPS) is 21.6. The number of rotatable bonds is 4. The van der Waals surface area contributed by atoms with E-state index in [-0.39, 0.29) is 24.1 Å². The van der Waals surface area contributed by atoms with E-state index in [1.165, 1.54) is 24.6 Å². The van der Waals surface area contributed by atoms with Gasteiger partial charge in [0, 0.05) is 6.04 Å². The first-order chi connectivity index (χ1) is 10.1. The summed E-state index contributed by atoms with van der Waals surface area (Å²) in [6.45, 7) is 1.73. The summed E-state index contributed by atoms with van der Waals surface area (Å²) in [6.07, 6.45) is 4.34. The highest BCUT2D eigenvalue weighted by Crippen LogP contribution is 2.23. The highest BCUT2D eigenvalue weighted by atomic mass is 19.1. The highest BCUT2D eigenvalue weighted by molar-refractivity contribution is 5.91. The van der Waals surface area contributed by atoms with E-state index in [1.54, 1.807) is 6.07 Å². The molecule has 1 aromatic rings. The van der Waals surface area contributed by atoms with Crippen LogP contribution in [0.15, 0.2) is 24.3 Å². The van der Waals surface area contributed by atoms with Crippen molar-refractivity contribution in [1.29, 1.82) is 0 Å². The van der Waals surface area contributed by atoms with E-state index < -0.39 is 11.8 Å². The number of ether oxygens (including phenoxy) is 1. The largest absolute Gasteiger partial charge is 0.452 e. The minimum absolute atomic E-state index is 0.137. The zero-order valence-corrected chi connectivity index (χ0v) is 12.1. The molecule has 0 aliphatic heterocycles. The molecule has 114 valence electrons. The molecule has 0 spiro atoms. The van der Waals surface area contributed by atoms with Crippen LogP contribution in [0.3, 0.4) is 0 Å². The third-order valence-corrected chi connectivity index (χ3v) is 3.89. The molecule has 1 aliphatic rings. The molecule has 1 aromatic carbocycles. The zero-order chi connectivity index (χ0) is 15.2. The minimum atomic E-state index is -0.819. The molecule has 1 aliphatic carbocycles. The summed E-state index contributed by atoms with van der Waals surface area (Å²) in [5, 5.41) is 2.88. The Kier molecular flexibility index (Phi) is 5.31. The number of halogens is 1. The second-order valence-electron chi connectivity index (χ2n) is 5.49. The SMILES string of the molecule is C[C@@H]1CCCC[C@@H]1NC(=O)COC(=O)c1ccccc1F. The van der Waals surface area contributed by atoms with Gasteiger partial charge in [0.2, 0.25) is 0 Å².